The van der Waals surface area contributed by atoms with E-state index in [-0.39, 0.29) is 5.91 Å². The van der Waals surface area contributed by atoms with Gasteiger partial charge in [-0.05, 0) is 41.1 Å². The highest BCUT2D eigenvalue weighted by atomic mass is 79.9. The highest BCUT2D eigenvalue weighted by Crippen LogP contribution is 2.18. The van der Waals surface area contributed by atoms with Crippen molar-refractivity contribution in [3.8, 4) is 0 Å². The summed E-state index contributed by atoms with van der Waals surface area (Å²) in [6, 6.07) is 5.33. The minimum atomic E-state index is -0.181. The second-order valence-electron chi connectivity index (χ2n) is 5.41. The number of aryl methyl sites for hydroxylation is 1. The lowest BCUT2D eigenvalue weighted by Gasteiger charge is -2.14. The van der Waals surface area contributed by atoms with E-state index in [1.165, 1.54) is 0 Å². The van der Waals surface area contributed by atoms with Gasteiger partial charge in [-0.25, -0.2) is 0 Å². The number of carbonyl (C=O) groups is 1. The van der Waals surface area contributed by atoms with Crippen LogP contribution < -0.4 is 0 Å². The molecule has 0 aliphatic heterocycles. The molecule has 7 nitrogen and oxygen atoms in total. The molecular weight excluding hydrogens is 374 g/mol. The normalized spacial score (nSPS) is 11.0. The van der Waals surface area contributed by atoms with Gasteiger partial charge in [0.05, 0.1) is 23.3 Å². The van der Waals surface area contributed by atoms with Crippen molar-refractivity contribution in [1.29, 1.82) is 0 Å². The molecule has 8 heteroatoms. The summed E-state index contributed by atoms with van der Waals surface area (Å²) in [6.07, 6.45) is 5.45. The maximum atomic E-state index is 12.5. The molecule has 0 aliphatic carbocycles. The summed E-state index contributed by atoms with van der Waals surface area (Å²) in [7, 11) is 1.73. The number of aromatic nitrogens is 4. The summed E-state index contributed by atoms with van der Waals surface area (Å²) in [6.45, 7) is 3.70. The molecule has 3 rings (SSSR count). The van der Waals surface area contributed by atoms with E-state index in [1.807, 2.05) is 30.1 Å². The van der Waals surface area contributed by atoms with Gasteiger partial charge in [0.1, 0.15) is 5.76 Å². The predicted molar refractivity (Wildman–Crippen MR) is 91.4 cm³/mol. The molecule has 126 valence electrons. The van der Waals surface area contributed by atoms with Gasteiger partial charge in [-0.3, -0.25) is 14.2 Å². The van der Waals surface area contributed by atoms with Crippen LogP contribution in [0.5, 0.6) is 0 Å². The molecule has 3 aromatic rings. The summed E-state index contributed by atoms with van der Waals surface area (Å²) in [5, 5.41) is 8.56. The minimum absolute atomic E-state index is 0.181. The molecule has 0 saturated heterocycles. The molecule has 3 heterocycles. The van der Waals surface area contributed by atoms with Crippen LogP contribution in [0, 0.1) is 0 Å². The molecule has 0 radical (unpaired) electrons. The number of furan rings is 1. The molecule has 0 spiro atoms. The molecule has 0 aliphatic rings. The van der Waals surface area contributed by atoms with Gasteiger partial charge in [-0.2, -0.15) is 10.2 Å². The van der Waals surface area contributed by atoms with Crippen LogP contribution in [0.3, 0.4) is 0 Å². The first-order chi connectivity index (χ1) is 11.6. The summed E-state index contributed by atoms with van der Waals surface area (Å²) < 4.78 is 10.1. The van der Waals surface area contributed by atoms with E-state index in [0.29, 0.717) is 24.6 Å². The van der Waals surface area contributed by atoms with E-state index < -0.39 is 0 Å². The van der Waals surface area contributed by atoms with Crippen LogP contribution in [0.15, 0.2) is 45.7 Å². The minimum Gasteiger partial charge on any atom is -0.454 e. The molecule has 1 amide bonds. The van der Waals surface area contributed by atoms with Crippen LogP contribution in [0.25, 0.3) is 0 Å². The third-order valence-electron chi connectivity index (χ3n) is 3.59. The Kier molecular flexibility index (Phi) is 4.84. The fourth-order valence-corrected chi connectivity index (χ4v) is 2.76. The van der Waals surface area contributed by atoms with Crippen molar-refractivity contribution in [2.45, 2.75) is 26.6 Å². The van der Waals surface area contributed by atoms with Crippen LogP contribution in [0.2, 0.25) is 0 Å². The molecule has 0 unspecified atom stereocenters. The van der Waals surface area contributed by atoms with Crippen molar-refractivity contribution < 1.29 is 9.21 Å². The first-order valence-corrected chi connectivity index (χ1v) is 8.39. The summed E-state index contributed by atoms with van der Waals surface area (Å²) >= 11 is 3.47. The molecular formula is C16H18BrN5O2. The Bertz CT molecular complexity index is 822. The fourth-order valence-electron chi connectivity index (χ4n) is 2.32. The van der Waals surface area contributed by atoms with E-state index >= 15 is 0 Å². The lowest BCUT2D eigenvalue weighted by molar-refractivity contribution is 0.0749. The van der Waals surface area contributed by atoms with Gasteiger partial charge in [0.2, 0.25) is 0 Å². The zero-order chi connectivity index (χ0) is 17.1. The highest BCUT2D eigenvalue weighted by molar-refractivity contribution is 9.10. The van der Waals surface area contributed by atoms with Crippen LogP contribution in [-0.2, 0) is 19.6 Å². The number of hydrogen-bond donors (Lipinski definition) is 0. The van der Waals surface area contributed by atoms with Gasteiger partial charge >= 0.3 is 0 Å². The van der Waals surface area contributed by atoms with Crippen molar-refractivity contribution in [2.24, 2.45) is 0 Å². The smallest absolute Gasteiger partial charge is 0.289 e. The van der Waals surface area contributed by atoms with Crippen LogP contribution >= 0.6 is 15.9 Å². The Hall–Kier alpha value is -2.35. The molecule has 0 bridgehead atoms. The number of hydrogen-bond acceptors (Lipinski definition) is 4. The Morgan fingerprint density at radius 1 is 1.38 bits per heavy atom. The van der Waals surface area contributed by atoms with Crippen LogP contribution in [0.4, 0.5) is 0 Å². The van der Waals surface area contributed by atoms with Gasteiger partial charge in [0, 0.05) is 32.2 Å². The van der Waals surface area contributed by atoms with Crippen molar-refractivity contribution >= 4 is 21.8 Å². The monoisotopic (exact) mass is 391 g/mol. The third-order valence-corrected chi connectivity index (χ3v) is 4.26. The van der Waals surface area contributed by atoms with Gasteiger partial charge in [0.15, 0.2) is 5.76 Å². The SMILES string of the molecule is CCn1cc(Br)c(CN(C)C(=O)c2ccc(Cn3cccn3)o2)n1. The third kappa shape index (κ3) is 3.59. The fraction of sp³-hybridized carbons (Fsp3) is 0.312. The number of rotatable bonds is 6. The number of halogens is 1. The number of carbonyl (C=O) groups excluding carboxylic acids is 1. The molecule has 0 saturated carbocycles. The van der Waals surface area contributed by atoms with Crippen molar-refractivity contribution in [3.63, 3.8) is 0 Å². The molecule has 0 fully saturated rings. The summed E-state index contributed by atoms with van der Waals surface area (Å²) in [4.78, 5) is 14.1. The Morgan fingerprint density at radius 2 is 2.21 bits per heavy atom. The van der Waals surface area contributed by atoms with Crippen LogP contribution in [0.1, 0.15) is 28.9 Å². The molecule has 3 aromatic heterocycles. The Morgan fingerprint density at radius 3 is 2.88 bits per heavy atom. The lowest BCUT2D eigenvalue weighted by atomic mass is 10.3. The first kappa shape index (κ1) is 16.5. The average molecular weight is 392 g/mol. The Labute approximate surface area is 148 Å². The summed E-state index contributed by atoms with van der Waals surface area (Å²) in [5.41, 5.74) is 0.816. The van der Waals surface area contributed by atoms with Crippen LogP contribution in [-0.4, -0.2) is 37.4 Å². The second-order valence-corrected chi connectivity index (χ2v) is 6.26. The maximum absolute atomic E-state index is 12.5. The van der Waals surface area contributed by atoms with E-state index in [2.05, 4.69) is 26.1 Å². The van der Waals surface area contributed by atoms with Gasteiger partial charge in [-0.15, -0.1) is 0 Å². The highest BCUT2D eigenvalue weighted by Gasteiger charge is 2.18. The summed E-state index contributed by atoms with van der Waals surface area (Å²) in [5.74, 6) is 0.817. The van der Waals surface area contributed by atoms with E-state index in [0.717, 1.165) is 16.7 Å². The largest absolute Gasteiger partial charge is 0.454 e. The zero-order valence-corrected chi connectivity index (χ0v) is 15.1. The van der Waals surface area contributed by atoms with E-state index in [1.54, 1.807) is 35.0 Å². The van der Waals surface area contributed by atoms with Crippen molar-refractivity contribution in [3.05, 3.63) is 58.5 Å². The number of nitrogens with zero attached hydrogens (tertiary/aromatic N) is 5. The lowest BCUT2D eigenvalue weighted by Crippen LogP contribution is -2.26. The van der Waals surface area contributed by atoms with Gasteiger partial charge in [-0.1, -0.05) is 0 Å². The zero-order valence-electron chi connectivity index (χ0n) is 13.5. The number of amides is 1. The molecule has 24 heavy (non-hydrogen) atoms. The maximum Gasteiger partial charge on any atom is 0.289 e. The first-order valence-electron chi connectivity index (χ1n) is 7.60. The quantitative estimate of drug-likeness (QED) is 0.647. The van der Waals surface area contributed by atoms with E-state index in [4.69, 9.17) is 4.42 Å². The second kappa shape index (κ2) is 7.04. The molecule has 0 N–H and O–H groups in total. The van der Waals surface area contributed by atoms with Crippen molar-refractivity contribution in [1.82, 2.24) is 24.5 Å². The van der Waals surface area contributed by atoms with E-state index in [9.17, 15) is 4.79 Å². The van der Waals surface area contributed by atoms with Gasteiger partial charge in [0.25, 0.3) is 5.91 Å². The predicted octanol–water partition coefficient (Wildman–Crippen LogP) is 2.78. The molecule has 0 atom stereocenters. The topological polar surface area (TPSA) is 69.1 Å². The Balaban J connectivity index is 1.67. The average Bonchev–Trinajstić information content (AvgIpc) is 3.30. The van der Waals surface area contributed by atoms with Gasteiger partial charge < -0.3 is 9.32 Å². The standard InChI is InChI=1S/C16H18BrN5O2/c1-3-21-10-13(17)14(19-21)11-20(2)16(23)15-6-5-12(24-15)9-22-8-4-7-18-22/h4-8,10H,3,9,11H2,1-2H3. The van der Waals surface area contributed by atoms with Crippen molar-refractivity contribution in [2.75, 3.05) is 7.05 Å². The molecule has 0 aromatic carbocycles.